The van der Waals surface area contributed by atoms with Crippen LogP contribution >= 0.6 is 22.9 Å². The lowest BCUT2D eigenvalue weighted by atomic mass is 10.3. The van der Waals surface area contributed by atoms with Crippen molar-refractivity contribution in [2.24, 2.45) is 0 Å². The SMILES string of the molecule is ClC[C@H]1CO[C@H](c2ccsc2)O1. The Hall–Kier alpha value is -0.0900. The van der Waals surface area contributed by atoms with E-state index in [4.69, 9.17) is 21.1 Å². The molecule has 0 amide bonds. The summed E-state index contributed by atoms with van der Waals surface area (Å²) in [6.45, 7) is 0.601. The Kier molecular flexibility index (Phi) is 2.66. The topological polar surface area (TPSA) is 18.5 Å². The van der Waals surface area contributed by atoms with Gasteiger partial charge in [0.2, 0.25) is 0 Å². The monoisotopic (exact) mass is 204 g/mol. The molecule has 2 nitrogen and oxygen atoms in total. The third-order valence-corrected chi connectivity index (χ3v) is 2.78. The first kappa shape index (κ1) is 8.51. The van der Waals surface area contributed by atoms with Gasteiger partial charge in [0.25, 0.3) is 0 Å². The number of hydrogen-bond donors (Lipinski definition) is 0. The summed E-state index contributed by atoms with van der Waals surface area (Å²) in [5.41, 5.74) is 1.09. The minimum atomic E-state index is -0.194. The first-order chi connectivity index (χ1) is 5.90. The van der Waals surface area contributed by atoms with Crippen LogP contribution in [0.15, 0.2) is 16.8 Å². The van der Waals surface area contributed by atoms with Crippen molar-refractivity contribution in [2.75, 3.05) is 12.5 Å². The zero-order chi connectivity index (χ0) is 8.39. The molecule has 0 saturated carbocycles. The smallest absolute Gasteiger partial charge is 0.185 e. The second kappa shape index (κ2) is 3.75. The molecule has 1 fully saturated rings. The summed E-state index contributed by atoms with van der Waals surface area (Å²) in [7, 11) is 0. The van der Waals surface area contributed by atoms with Gasteiger partial charge in [0, 0.05) is 5.56 Å². The van der Waals surface area contributed by atoms with Gasteiger partial charge in [-0.1, -0.05) is 0 Å². The van der Waals surface area contributed by atoms with E-state index in [0.717, 1.165) is 5.56 Å². The van der Waals surface area contributed by atoms with Gasteiger partial charge >= 0.3 is 0 Å². The maximum Gasteiger partial charge on any atom is 0.185 e. The molecule has 0 N–H and O–H groups in total. The van der Waals surface area contributed by atoms with Crippen LogP contribution in [0, 0.1) is 0 Å². The zero-order valence-corrected chi connectivity index (χ0v) is 7.98. The van der Waals surface area contributed by atoms with E-state index in [1.165, 1.54) is 0 Å². The fourth-order valence-electron chi connectivity index (χ4n) is 1.11. The Bertz CT molecular complexity index is 237. The van der Waals surface area contributed by atoms with Crippen molar-refractivity contribution < 1.29 is 9.47 Å². The summed E-state index contributed by atoms with van der Waals surface area (Å²) in [6, 6.07) is 2.01. The molecule has 0 spiro atoms. The van der Waals surface area contributed by atoms with Gasteiger partial charge in [0.15, 0.2) is 6.29 Å². The van der Waals surface area contributed by atoms with Crippen LogP contribution in [0.5, 0.6) is 0 Å². The molecule has 66 valence electrons. The van der Waals surface area contributed by atoms with Gasteiger partial charge in [-0.2, -0.15) is 11.3 Å². The Morgan fingerprint density at radius 2 is 2.58 bits per heavy atom. The van der Waals surface area contributed by atoms with Crippen LogP contribution in [0.1, 0.15) is 11.9 Å². The van der Waals surface area contributed by atoms with Gasteiger partial charge in [-0.25, -0.2) is 0 Å². The Morgan fingerprint density at radius 1 is 1.67 bits per heavy atom. The van der Waals surface area contributed by atoms with Gasteiger partial charge < -0.3 is 9.47 Å². The van der Waals surface area contributed by atoms with Gasteiger partial charge in [0.1, 0.15) is 0 Å². The largest absolute Gasteiger partial charge is 0.346 e. The summed E-state index contributed by atoms with van der Waals surface area (Å²) in [5.74, 6) is 0.501. The zero-order valence-electron chi connectivity index (χ0n) is 6.40. The molecule has 2 atom stereocenters. The fraction of sp³-hybridized carbons (Fsp3) is 0.500. The lowest BCUT2D eigenvalue weighted by molar-refractivity contribution is -0.0564. The Labute approximate surface area is 80.1 Å². The lowest BCUT2D eigenvalue weighted by Gasteiger charge is -2.07. The van der Waals surface area contributed by atoms with Crippen molar-refractivity contribution in [1.82, 2.24) is 0 Å². The normalized spacial score (nSPS) is 29.4. The van der Waals surface area contributed by atoms with Crippen LogP contribution in [0.4, 0.5) is 0 Å². The summed E-state index contributed by atoms with van der Waals surface area (Å²) >= 11 is 7.27. The molecule has 1 aliphatic heterocycles. The van der Waals surface area contributed by atoms with Gasteiger partial charge in [0.05, 0.1) is 18.6 Å². The lowest BCUT2D eigenvalue weighted by Crippen LogP contribution is -2.10. The number of halogens is 1. The van der Waals surface area contributed by atoms with E-state index in [2.05, 4.69) is 0 Å². The highest BCUT2D eigenvalue weighted by Gasteiger charge is 2.26. The Morgan fingerprint density at radius 3 is 3.17 bits per heavy atom. The first-order valence-electron chi connectivity index (χ1n) is 3.75. The Balaban J connectivity index is 2.00. The van der Waals surface area contributed by atoms with Gasteiger partial charge in [-0.3, -0.25) is 0 Å². The van der Waals surface area contributed by atoms with Crippen LogP contribution in [-0.2, 0) is 9.47 Å². The van der Waals surface area contributed by atoms with Crippen LogP contribution < -0.4 is 0 Å². The molecular weight excluding hydrogens is 196 g/mol. The van der Waals surface area contributed by atoms with Gasteiger partial charge in [-0.15, -0.1) is 11.6 Å². The standard InChI is InChI=1S/C8H9ClO2S/c9-3-7-4-10-8(11-7)6-1-2-12-5-6/h1-2,5,7-8H,3-4H2/t7-,8-/m0/s1. The van der Waals surface area contributed by atoms with Crippen molar-refractivity contribution in [1.29, 1.82) is 0 Å². The molecule has 1 aliphatic rings. The van der Waals surface area contributed by atoms with Crippen LogP contribution in [0.3, 0.4) is 0 Å². The number of ether oxygens (including phenoxy) is 2. The summed E-state index contributed by atoms with van der Waals surface area (Å²) in [6.07, 6.45) is -0.142. The summed E-state index contributed by atoms with van der Waals surface area (Å²) < 4.78 is 10.9. The fourth-order valence-corrected chi connectivity index (χ4v) is 1.94. The summed E-state index contributed by atoms with van der Waals surface area (Å²) in [4.78, 5) is 0. The van der Waals surface area contributed by atoms with Crippen LogP contribution in [0.2, 0.25) is 0 Å². The molecule has 0 bridgehead atoms. The molecule has 12 heavy (non-hydrogen) atoms. The summed E-state index contributed by atoms with van der Waals surface area (Å²) in [5, 5.41) is 4.04. The first-order valence-corrected chi connectivity index (χ1v) is 5.23. The van der Waals surface area contributed by atoms with E-state index in [-0.39, 0.29) is 12.4 Å². The predicted molar refractivity (Wildman–Crippen MR) is 48.6 cm³/mol. The van der Waals surface area contributed by atoms with Crippen molar-refractivity contribution in [3.05, 3.63) is 22.4 Å². The van der Waals surface area contributed by atoms with E-state index < -0.39 is 0 Å². The molecule has 1 aromatic heterocycles. The second-order valence-corrected chi connectivity index (χ2v) is 3.72. The minimum absolute atomic E-state index is 0.0524. The highest BCUT2D eigenvalue weighted by molar-refractivity contribution is 7.07. The highest BCUT2D eigenvalue weighted by atomic mass is 35.5. The molecule has 1 saturated heterocycles. The molecule has 0 aromatic carbocycles. The third-order valence-electron chi connectivity index (χ3n) is 1.74. The number of thiophene rings is 1. The van der Waals surface area contributed by atoms with Crippen molar-refractivity contribution in [2.45, 2.75) is 12.4 Å². The van der Waals surface area contributed by atoms with E-state index in [1.807, 2.05) is 16.8 Å². The maximum atomic E-state index is 5.63. The molecule has 4 heteroatoms. The number of hydrogen-bond acceptors (Lipinski definition) is 3. The van der Waals surface area contributed by atoms with E-state index in [0.29, 0.717) is 12.5 Å². The van der Waals surface area contributed by atoms with Crippen molar-refractivity contribution in [3.8, 4) is 0 Å². The molecule has 0 radical (unpaired) electrons. The van der Waals surface area contributed by atoms with Gasteiger partial charge in [-0.05, 0) is 16.8 Å². The molecular formula is C8H9ClO2S. The third kappa shape index (κ3) is 1.64. The van der Waals surface area contributed by atoms with Crippen molar-refractivity contribution >= 4 is 22.9 Å². The van der Waals surface area contributed by atoms with E-state index in [1.54, 1.807) is 11.3 Å². The van der Waals surface area contributed by atoms with Crippen LogP contribution in [-0.4, -0.2) is 18.6 Å². The molecule has 0 aliphatic carbocycles. The maximum absolute atomic E-state index is 5.63. The molecule has 2 rings (SSSR count). The predicted octanol–water partition coefficient (Wildman–Crippen LogP) is 2.40. The average molecular weight is 205 g/mol. The van der Waals surface area contributed by atoms with E-state index >= 15 is 0 Å². The average Bonchev–Trinajstić information content (AvgIpc) is 2.75. The molecule has 1 aromatic rings. The molecule has 2 heterocycles. The van der Waals surface area contributed by atoms with Crippen molar-refractivity contribution in [3.63, 3.8) is 0 Å². The van der Waals surface area contributed by atoms with E-state index in [9.17, 15) is 0 Å². The highest BCUT2D eigenvalue weighted by Crippen LogP contribution is 2.28. The second-order valence-electron chi connectivity index (χ2n) is 2.63. The molecule has 0 unspecified atom stereocenters. The minimum Gasteiger partial charge on any atom is -0.346 e. The van der Waals surface area contributed by atoms with Crippen LogP contribution in [0.25, 0.3) is 0 Å². The number of rotatable bonds is 2. The number of alkyl halides is 1. The quantitative estimate of drug-likeness (QED) is 0.689.